The first-order chi connectivity index (χ1) is 20.1. The van der Waals surface area contributed by atoms with E-state index in [2.05, 4.69) is 11.7 Å². The number of unbranched alkanes of at least 4 members (excludes halogenated alkanes) is 15. The largest absolute Gasteiger partial charge is 0.511 e. The number of aliphatic hydroxyl groups is 7. The van der Waals surface area contributed by atoms with Gasteiger partial charge in [-0.3, -0.25) is 0 Å². The van der Waals surface area contributed by atoms with E-state index >= 15 is 0 Å². The van der Waals surface area contributed by atoms with Crippen molar-refractivity contribution in [2.75, 3.05) is 33.5 Å². The van der Waals surface area contributed by atoms with Gasteiger partial charge in [-0.05, 0) is 6.42 Å². The van der Waals surface area contributed by atoms with Gasteiger partial charge in [0.05, 0.1) is 13.2 Å². The van der Waals surface area contributed by atoms with Crippen LogP contribution in [0.25, 0.3) is 0 Å². The van der Waals surface area contributed by atoms with Gasteiger partial charge in [0.1, 0.15) is 30.5 Å². The van der Waals surface area contributed by atoms with Gasteiger partial charge in [0.2, 0.25) is 0 Å². The Morgan fingerprint density at radius 1 is 0.738 bits per heavy atom. The second-order valence-electron chi connectivity index (χ2n) is 11.6. The van der Waals surface area contributed by atoms with Crippen LogP contribution in [0.2, 0.25) is 0 Å². The number of carbonyl (C=O) groups excluding carboxylic acids is 1. The molecular weight excluding hydrogens is 552 g/mol. The maximum absolute atomic E-state index is 12.1. The third kappa shape index (κ3) is 12.9. The van der Waals surface area contributed by atoms with Crippen LogP contribution in [0.5, 0.6) is 0 Å². The zero-order chi connectivity index (χ0) is 31.4. The van der Waals surface area contributed by atoms with Crippen molar-refractivity contribution in [3.63, 3.8) is 0 Å². The van der Waals surface area contributed by atoms with Gasteiger partial charge in [-0.1, -0.05) is 103 Å². The molecule has 12 nitrogen and oxygen atoms in total. The summed E-state index contributed by atoms with van der Waals surface area (Å²) in [5.74, 6) is -3.28. The Bertz CT molecular complexity index is 697. The summed E-state index contributed by atoms with van der Waals surface area (Å²) in [4.78, 5) is 12.1. The molecule has 1 saturated carbocycles. The minimum absolute atomic E-state index is 0.118. The Morgan fingerprint density at radius 3 is 1.67 bits per heavy atom. The summed E-state index contributed by atoms with van der Waals surface area (Å²) in [5.41, 5.74) is -2.89. The Morgan fingerprint density at radius 2 is 1.21 bits per heavy atom. The van der Waals surface area contributed by atoms with Gasteiger partial charge in [-0.15, -0.1) is 0 Å². The summed E-state index contributed by atoms with van der Waals surface area (Å²) in [7, 11) is 1.39. The van der Waals surface area contributed by atoms with Gasteiger partial charge < -0.3 is 54.7 Å². The summed E-state index contributed by atoms with van der Waals surface area (Å²) in [5, 5.41) is 70.2. The molecule has 42 heavy (non-hydrogen) atoms. The molecule has 250 valence electrons. The molecule has 1 aliphatic carbocycles. The molecule has 1 rings (SSSR count). The molecule has 0 amide bonds. The molecule has 1 fully saturated rings. The molecule has 7 N–H and O–H groups in total. The average molecular weight is 611 g/mol. The van der Waals surface area contributed by atoms with E-state index in [1.807, 2.05) is 0 Å². The quantitative estimate of drug-likeness (QED) is 0.0479. The zero-order valence-corrected chi connectivity index (χ0v) is 25.7. The van der Waals surface area contributed by atoms with Gasteiger partial charge in [-0.25, -0.2) is 4.79 Å². The van der Waals surface area contributed by atoms with Gasteiger partial charge in [0.15, 0.2) is 12.2 Å². The van der Waals surface area contributed by atoms with Crippen molar-refractivity contribution in [2.24, 2.45) is 0 Å². The Balaban J connectivity index is 2.12. The molecule has 0 aromatic rings. The summed E-state index contributed by atoms with van der Waals surface area (Å²) in [6.07, 6.45) is 8.80. The van der Waals surface area contributed by atoms with E-state index in [0.717, 1.165) is 19.3 Å². The third-order valence-corrected chi connectivity index (χ3v) is 8.11. The number of carbonyl (C=O) groups is 1. The number of hydrogen-bond donors (Lipinski definition) is 7. The molecule has 0 aromatic heterocycles. The number of methoxy groups -OCH3 is 1. The molecule has 7 atom stereocenters. The van der Waals surface area contributed by atoms with Crippen LogP contribution < -0.4 is 0 Å². The van der Waals surface area contributed by atoms with Crippen LogP contribution >= 0.6 is 0 Å². The van der Waals surface area contributed by atoms with Gasteiger partial charge >= 0.3 is 6.16 Å². The van der Waals surface area contributed by atoms with E-state index in [-0.39, 0.29) is 13.2 Å². The second kappa shape index (κ2) is 21.6. The Labute approximate surface area is 250 Å². The fourth-order valence-electron chi connectivity index (χ4n) is 5.17. The maximum Gasteiger partial charge on any atom is 0.511 e. The highest BCUT2D eigenvalue weighted by Gasteiger charge is 2.67. The van der Waals surface area contributed by atoms with Crippen molar-refractivity contribution in [3.05, 3.63) is 0 Å². The smallest absolute Gasteiger partial charge is 0.431 e. The van der Waals surface area contributed by atoms with E-state index < -0.39 is 54.7 Å². The zero-order valence-electron chi connectivity index (χ0n) is 25.7. The van der Waals surface area contributed by atoms with E-state index in [9.17, 15) is 40.5 Å². The monoisotopic (exact) mass is 610 g/mol. The Kier molecular flexibility index (Phi) is 20.0. The second-order valence-corrected chi connectivity index (χ2v) is 11.6. The first-order valence-electron chi connectivity index (χ1n) is 15.8. The number of aliphatic hydroxyl groups excluding tert-OH is 5. The van der Waals surface area contributed by atoms with Crippen LogP contribution in [-0.4, -0.2) is 117 Å². The van der Waals surface area contributed by atoms with Crippen molar-refractivity contribution in [1.82, 2.24) is 0 Å². The highest BCUT2D eigenvalue weighted by Crippen LogP contribution is 2.37. The maximum atomic E-state index is 12.1. The van der Waals surface area contributed by atoms with Gasteiger partial charge in [0, 0.05) is 13.7 Å². The minimum Gasteiger partial charge on any atom is -0.431 e. The fourth-order valence-corrected chi connectivity index (χ4v) is 5.17. The van der Waals surface area contributed by atoms with Crippen molar-refractivity contribution >= 4 is 6.16 Å². The molecule has 0 aliphatic heterocycles. The number of ether oxygens (including phenoxy) is 4. The van der Waals surface area contributed by atoms with Gasteiger partial charge in [-0.2, -0.15) is 0 Å². The summed E-state index contributed by atoms with van der Waals surface area (Å²) >= 11 is 0. The molecule has 0 saturated heterocycles. The van der Waals surface area contributed by atoms with Crippen LogP contribution in [-0.2, 0) is 18.9 Å². The molecule has 1 aliphatic rings. The number of hydrogen-bond acceptors (Lipinski definition) is 12. The molecule has 0 spiro atoms. The third-order valence-electron chi connectivity index (χ3n) is 8.11. The van der Waals surface area contributed by atoms with Crippen LogP contribution in [0.4, 0.5) is 4.79 Å². The first kappa shape index (κ1) is 38.9. The summed E-state index contributed by atoms with van der Waals surface area (Å²) in [6, 6.07) is 0. The van der Waals surface area contributed by atoms with Crippen LogP contribution in [0, 0.1) is 0 Å². The molecule has 0 bridgehead atoms. The first-order valence-corrected chi connectivity index (χ1v) is 15.8. The highest BCUT2D eigenvalue weighted by atomic mass is 16.8. The lowest BCUT2D eigenvalue weighted by Crippen LogP contribution is -2.78. The fraction of sp³-hybridized carbons (Fsp3) is 0.967. The van der Waals surface area contributed by atoms with Crippen molar-refractivity contribution < 1.29 is 59.5 Å². The van der Waals surface area contributed by atoms with E-state index in [1.54, 1.807) is 0 Å². The summed E-state index contributed by atoms with van der Waals surface area (Å²) in [6.45, 7) is 1.21. The van der Waals surface area contributed by atoms with Crippen molar-refractivity contribution in [2.45, 2.75) is 152 Å². The lowest BCUT2D eigenvalue weighted by molar-refractivity contribution is -0.373. The lowest BCUT2D eigenvalue weighted by Gasteiger charge is -2.51. The highest BCUT2D eigenvalue weighted by molar-refractivity contribution is 5.60. The molecular formula is C30H58O12. The molecule has 0 heterocycles. The van der Waals surface area contributed by atoms with Crippen molar-refractivity contribution in [1.29, 1.82) is 0 Å². The standard InChI is InChI=1S/C30H58O12/c1-3-4-5-6-7-8-9-10-11-12-13-14-15-16-17-18-19-40-20-23(39-2)21-41-28(36)42-30(38)26(34)24(32)25(33)29(37,22-31)27(30)35/h23-27,31-35,37-38H,3-22H2,1-2H3/t23-,24+,25+,26-,27-,29+,30-/m1/s1. The van der Waals surface area contributed by atoms with Crippen LogP contribution in [0.1, 0.15) is 110 Å². The molecule has 12 heteroatoms. The SMILES string of the molecule is CCCCCCCCCCCCCCCCCCOC[C@H](COC(=O)O[C@]1(O)[C@H](O)[C@@H](O)[C@H](O)[C@@](O)(CO)[C@H]1O)OC. The van der Waals surface area contributed by atoms with Crippen LogP contribution in [0.3, 0.4) is 0 Å². The van der Waals surface area contributed by atoms with Gasteiger partial charge in [0.25, 0.3) is 5.79 Å². The lowest BCUT2D eigenvalue weighted by atomic mass is 9.73. The number of rotatable bonds is 24. The van der Waals surface area contributed by atoms with E-state index in [0.29, 0.717) is 6.61 Å². The Hall–Kier alpha value is -1.09. The normalized spacial score (nSPS) is 28.5. The van der Waals surface area contributed by atoms with Crippen molar-refractivity contribution in [3.8, 4) is 0 Å². The predicted molar refractivity (Wildman–Crippen MR) is 155 cm³/mol. The molecule has 0 unspecified atom stereocenters. The predicted octanol–water partition coefficient (Wildman–Crippen LogP) is 2.30. The molecule has 0 aromatic carbocycles. The summed E-state index contributed by atoms with van der Waals surface area (Å²) < 4.78 is 20.3. The molecule has 0 radical (unpaired) electrons. The van der Waals surface area contributed by atoms with E-state index in [4.69, 9.17) is 14.2 Å². The minimum atomic E-state index is -3.28. The average Bonchev–Trinajstić information content (AvgIpc) is 2.99. The van der Waals surface area contributed by atoms with Crippen LogP contribution in [0.15, 0.2) is 0 Å². The van der Waals surface area contributed by atoms with E-state index in [1.165, 1.54) is 90.6 Å². The topological polar surface area (TPSA) is 196 Å².